The first-order valence-electron chi connectivity index (χ1n) is 8.05. The van der Waals surface area contributed by atoms with E-state index in [1.54, 1.807) is 0 Å². The Morgan fingerprint density at radius 3 is 2.68 bits per heavy atom. The van der Waals surface area contributed by atoms with Crippen LogP contribution in [0.2, 0.25) is 0 Å². The second-order valence-corrected chi connectivity index (χ2v) is 6.49. The molecule has 3 rings (SSSR count). The molecule has 0 radical (unpaired) electrons. The van der Waals surface area contributed by atoms with E-state index in [0.29, 0.717) is 5.91 Å². The first kappa shape index (κ1) is 13.4. The predicted molar refractivity (Wildman–Crippen MR) is 76.0 cm³/mol. The van der Waals surface area contributed by atoms with Crippen LogP contribution in [0.5, 0.6) is 0 Å². The molecule has 3 aliphatic heterocycles. The minimum atomic E-state index is 0.249. The van der Waals surface area contributed by atoms with Crippen LogP contribution in [0.1, 0.15) is 32.1 Å². The molecule has 1 N–H and O–H groups in total. The Bertz CT molecular complexity index is 309. The lowest BCUT2D eigenvalue weighted by molar-refractivity contribution is -0.135. The number of rotatable bonds is 3. The Morgan fingerprint density at radius 1 is 1.11 bits per heavy atom. The maximum Gasteiger partial charge on any atom is 0.226 e. The SMILES string of the molecule is O=C(C1CCCNC1)N1CCC(CN2CCCC2)C1. The number of likely N-dealkylation sites (tertiary alicyclic amines) is 2. The summed E-state index contributed by atoms with van der Waals surface area (Å²) in [6.07, 6.45) is 6.18. The van der Waals surface area contributed by atoms with Crippen LogP contribution in [0, 0.1) is 11.8 Å². The average Bonchev–Trinajstić information content (AvgIpc) is 3.11. The van der Waals surface area contributed by atoms with Crippen LogP contribution < -0.4 is 5.32 Å². The number of amides is 1. The normalized spacial score (nSPS) is 32.9. The molecule has 0 saturated carbocycles. The molecule has 0 spiro atoms. The van der Waals surface area contributed by atoms with Crippen molar-refractivity contribution in [2.45, 2.75) is 32.1 Å². The van der Waals surface area contributed by atoms with Crippen molar-refractivity contribution in [3.8, 4) is 0 Å². The van der Waals surface area contributed by atoms with Crippen LogP contribution in [-0.4, -0.2) is 61.5 Å². The largest absolute Gasteiger partial charge is 0.342 e. The van der Waals surface area contributed by atoms with Crippen LogP contribution >= 0.6 is 0 Å². The van der Waals surface area contributed by atoms with Gasteiger partial charge in [0.05, 0.1) is 5.92 Å². The van der Waals surface area contributed by atoms with Gasteiger partial charge in [-0.25, -0.2) is 0 Å². The summed E-state index contributed by atoms with van der Waals surface area (Å²) in [4.78, 5) is 17.2. The lowest BCUT2D eigenvalue weighted by Gasteiger charge is -2.27. The van der Waals surface area contributed by atoms with Gasteiger partial charge in [0.15, 0.2) is 0 Å². The lowest BCUT2D eigenvalue weighted by Crippen LogP contribution is -2.42. The summed E-state index contributed by atoms with van der Waals surface area (Å²) in [7, 11) is 0. The summed E-state index contributed by atoms with van der Waals surface area (Å²) in [5.74, 6) is 1.38. The number of hydrogen-bond donors (Lipinski definition) is 1. The number of carbonyl (C=O) groups is 1. The van der Waals surface area contributed by atoms with Gasteiger partial charge in [-0.1, -0.05) is 0 Å². The van der Waals surface area contributed by atoms with Crippen molar-refractivity contribution in [2.24, 2.45) is 11.8 Å². The molecule has 0 bridgehead atoms. The monoisotopic (exact) mass is 265 g/mol. The van der Waals surface area contributed by atoms with Crippen molar-refractivity contribution < 1.29 is 4.79 Å². The Balaban J connectivity index is 1.46. The van der Waals surface area contributed by atoms with Crippen molar-refractivity contribution in [3.63, 3.8) is 0 Å². The van der Waals surface area contributed by atoms with E-state index in [9.17, 15) is 4.79 Å². The molecule has 3 heterocycles. The molecule has 1 amide bonds. The van der Waals surface area contributed by atoms with Crippen molar-refractivity contribution in [1.29, 1.82) is 0 Å². The van der Waals surface area contributed by atoms with E-state index >= 15 is 0 Å². The number of nitrogens with zero attached hydrogens (tertiary/aromatic N) is 2. The minimum Gasteiger partial charge on any atom is -0.342 e. The summed E-state index contributed by atoms with van der Waals surface area (Å²) < 4.78 is 0. The van der Waals surface area contributed by atoms with Gasteiger partial charge in [-0.3, -0.25) is 4.79 Å². The van der Waals surface area contributed by atoms with Gasteiger partial charge in [-0.2, -0.15) is 0 Å². The van der Waals surface area contributed by atoms with Gasteiger partial charge in [-0.05, 0) is 57.7 Å². The zero-order valence-corrected chi connectivity index (χ0v) is 11.9. The second-order valence-electron chi connectivity index (χ2n) is 6.49. The standard InChI is InChI=1S/C15H27N3O/c19-15(14-4-3-6-16-10-14)18-9-5-13(12-18)11-17-7-1-2-8-17/h13-14,16H,1-12H2. The van der Waals surface area contributed by atoms with E-state index in [0.717, 1.165) is 44.9 Å². The van der Waals surface area contributed by atoms with Gasteiger partial charge in [0, 0.05) is 26.2 Å². The Labute approximate surface area is 116 Å². The molecule has 0 aliphatic carbocycles. The molecule has 0 aromatic rings. The van der Waals surface area contributed by atoms with Crippen LogP contribution in [0.15, 0.2) is 0 Å². The smallest absolute Gasteiger partial charge is 0.226 e. The molecule has 3 aliphatic rings. The molecular weight excluding hydrogens is 238 g/mol. The Morgan fingerprint density at radius 2 is 1.95 bits per heavy atom. The first-order valence-corrected chi connectivity index (χ1v) is 8.05. The molecule has 2 atom stereocenters. The maximum absolute atomic E-state index is 12.5. The van der Waals surface area contributed by atoms with E-state index < -0.39 is 0 Å². The zero-order valence-electron chi connectivity index (χ0n) is 11.9. The summed E-state index contributed by atoms with van der Waals surface area (Å²) in [5.41, 5.74) is 0. The quantitative estimate of drug-likeness (QED) is 0.824. The fraction of sp³-hybridized carbons (Fsp3) is 0.933. The van der Waals surface area contributed by atoms with Crippen molar-refractivity contribution in [3.05, 3.63) is 0 Å². The molecule has 3 saturated heterocycles. The van der Waals surface area contributed by atoms with Crippen LogP contribution in [-0.2, 0) is 4.79 Å². The zero-order chi connectivity index (χ0) is 13.1. The highest BCUT2D eigenvalue weighted by atomic mass is 16.2. The van der Waals surface area contributed by atoms with Gasteiger partial charge in [0.2, 0.25) is 5.91 Å². The number of piperidine rings is 1. The lowest BCUT2D eigenvalue weighted by atomic mass is 9.98. The Hall–Kier alpha value is -0.610. The third kappa shape index (κ3) is 3.29. The first-order chi connectivity index (χ1) is 9.33. The van der Waals surface area contributed by atoms with Gasteiger partial charge >= 0.3 is 0 Å². The Kier molecular flexibility index (Phi) is 4.38. The highest BCUT2D eigenvalue weighted by Gasteiger charge is 2.32. The highest BCUT2D eigenvalue weighted by Crippen LogP contribution is 2.23. The van der Waals surface area contributed by atoms with E-state index in [1.807, 2.05) is 0 Å². The third-order valence-corrected chi connectivity index (χ3v) is 4.96. The molecular formula is C15H27N3O. The fourth-order valence-corrected chi connectivity index (χ4v) is 3.83. The number of nitrogens with one attached hydrogen (secondary N) is 1. The topological polar surface area (TPSA) is 35.6 Å². The molecule has 3 fully saturated rings. The second kappa shape index (κ2) is 6.23. The minimum absolute atomic E-state index is 0.249. The van der Waals surface area contributed by atoms with Crippen LogP contribution in [0.4, 0.5) is 0 Å². The molecule has 0 aromatic carbocycles. The van der Waals surface area contributed by atoms with Gasteiger partial charge in [0.1, 0.15) is 0 Å². The van der Waals surface area contributed by atoms with Crippen LogP contribution in [0.25, 0.3) is 0 Å². The average molecular weight is 265 g/mol. The van der Waals surface area contributed by atoms with Gasteiger partial charge in [-0.15, -0.1) is 0 Å². The number of hydrogen-bond acceptors (Lipinski definition) is 3. The van der Waals surface area contributed by atoms with Gasteiger partial charge < -0.3 is 15.1 Å². The third-order valence-electron chi connectivity index (χ3n) is 4.96. The molecule has 2 unspecified atom stereocenters. The molecule has 19 heavy (non-hydrogen) atoms. The number of carbonyl (C=O) groups excluding carboxylic acids is 1. The van der Waals surface area contributed by atoms with Crippen molar-refractivity contribution >= 4 is 5.91 Å². The molecule has 108 valence electrons. The summed E-state index contributed by atoms with van der Waals surface area (Å²) in [6, 6.07) is 0. The molecule has 4 nitrogen and oxygen atoms in total. The van der Waals surface area contributed by atoms with Gasteiger partial charge in [0.25, 0.3) is 0 Å². The van der Waals surface area contributed by atoms with E-state index in [1.165, 1.54) is 38.9 Å². The van der Waals surface area contributed by atoms with Crippen LogP contribution in [0.3, 0.4) is 0 Å². The van der Waals surface area contributed by atoms with E-state index in [4.69, 9.17) is 0 Å². The van der Waals surface area contributed by atoms with Crippen molar-refractivity contribution in [2.75, 3.05) is 45.8 Å². The fourth-order valence-electron chi connectivity index (χ4n) is 3.83. The maximum atomic E-state index is 12.5. The summed E-state index contributed by atoms with van der Waals surface area (Å²) in [5, 5.41) is 3.35. The van der Waals surface area contributed by atoms with E-state index in [2.05, 4.69) is 15.1 Å². The molecule has 0 aromatic heterocycles. The molecule has 4 heteroatoms. The summed E-state index contributed by atoms with van der Waals surface area (Å²) in [6.45, 7) is 7.74. The van der Waals surface area contributed by atoms with E-state index in [-0.39, 0.29) is 5.92 Å². The highest BCUT2D eigenvalue weighted by molar-refractivity contribution is 5.79. The van der Waals surface area contributed by atoms with Crippen molar-refractivity contribution in [1.82, 2.24) is 15.1 Å². The predicted octanol–water partition coefficient (Wildman–Crippen LogP) is 0.930. The summed E-state index contributed by atoms with van der Waals surface area (Å²) >= 11 is 0.